The Bertz CT molecular complexity index is 448. The van der Waals surface area contributed by atoms with Crippen LogP contribution >= 0.6 is 0 Å². The zero-order chi connectivity index (χ0) is 14.5. The van der Waals surface area contributed by atoms with E-state index in [1.807, 2.05) is 13.0 Å². The normalized spacial score (nSPS) is 27.5. The van der Waals surface area contributed by atoms with E-state index in [0.29, 0.717) is 12.0 Å². The SMILES string of the molecule is Cc1cc(NC[C@@H]2CCCC[C@@H]2N2CCOCC2)ncn1. The van der Waals surface area contributed by atoms with Crippen LogP contribution in [0.15, 0.2) is 12.4 Å². The Hall–Kier alpha value is -1.20. The van der Waals surface area contributed by atoms with Gasteiger partial charge in [-0.3, -0.25) is 4.90 Å². The van der Waals surface area contributed by atoms with Crippen LogP contribution in [0, 0.1) is 12.8 Å². The van der Waals surface area contributed by atoms with Gasteiger partial charge >= 0.3 is 0 Å². The van der Waals surface area contributed by atoms with E-state index in [-0.39, 0.29) is 0 Å². The molecule has 3 rings (SSSR count). The van der Waals surface area contributed by atoms with Crippen molar-refractivity contribution in [2.24, 2.45) is 5.92 Å². The van der Waals surface area contributed by atoms with Crippen LogP contribution in [0.2, 0.25) is 0 Å². The first-order valence-corrected chi connectivity index (χ1v) is 8.17. The van der Waals surface area contributed by atoms with Crippen molar-refractivity contribution in [3.63, 3.8) is 0 Å². The summed E-state index contributed by atoms with van der Waals surface area (Å²) < 4.78 is 5.49. The maximum absolute atomic E-state index is 5.49. The van der Waals surface area contributed by atoms with E-state index in [0.717, 1.165) is 44.4 Å². The van der Waals surface area contributed by atoms with Crippen LogP contribution < -0.4 is 5.32 Å². The Morgan fingerprint density at radius 2 is 2.05 bits per heavy atom. The Morgan fingerprint density at radius 1 is 1.24 bits per heavy atom. The third kappa shape index (κ3) is 3.92. The van der Waals surface area contributed by atoms with E-state index in [1.165, 1.54) is 25.7 Å². The quantitative estimate of drug-likeness (QED) is 0.920. The number of aromatic nitrogens is 2. The molecule has 1 aromatic rings. The summed E-state index contributed by atoms with van der Waals surface area (Å²) in [6.07, 6.45) is 7.01. The molecule has 1 aliphatic heterocycles. The van der Waals surface area contributed by atoms with Gasteiger partial charge < -0.3 is 10.1 Å². The molecule has 5 nitrogen and oxygen atoms in total. The molecule has 1 N–H and O–H groups in total. The Kier molecular flexibility index (Phi) is 5.04. The van der Waals surface area contributed by atoms with Crippen molar-refractivity contribution in [1.29, 1.82) is 0 Å². The number of hydrogen-bond donors (Lipinski definition) is 1. The number of rotatable bonds is 4. The van der Waals surface area contributed by atoms with E-state index in [9.17, 15) is 0 Å². The van der Waals surface area contributed by atoms with E-state index in [1.54, 1.807) is 6.33 Å². The van der Waals surface area contributed by atoms with Crippen molar-refractivity contribution < 1.29 is 4.74 Å². The Balaban J connectivity index is 1.58. The largest absolute Gasteiger partial charge is 0.379 e. The van der Waals surface area contributed by atoms with E-state index >= 15 is 0 Å². The molecule has 21 heavy (non-hydrogen) atoms. The number of nitrogens with zero attached hydrogens (tertiary/aromatic N) is 3. The van der Waals surface area contributed by atoms with Crippen molar-refractivity contribution in [3.8, 4) is 0 Å². The first-order valence-electron chi connectivity index (χ1n) is 8.17. The molecule has 2 aliphatic rings. The molecule has 5 heteroatoms. The van der Waals surface area contributed by atoms with Gasteiger partial charge in [-0.2, -0.15) is 0 Å². The number of ether oxygens (including phenoxy) is 1. The number of hydrogen-bond acceptors (Lipinski definition) is 5. The minimum Gasteiger partial charge on any atom is -0.379 e. The Labute approximate surface area is 127 Å². The highest BCUT2D eigenvalue weighted by molar-refractivity contribution is 5.34. The summed E-state index contributed by atoms with van der Waals surface area (Å²) in [6.45, 7) is 6.98. The maximum Gasteiger partial charge on any atom is 0.129 e. The van der Waals surface area contributed by atoms with Gasteiger partial charge in [0, 0.05) is 37.4 Å². The first kappa shape index (κ1) is 14.7. The molecular formula is C16H26N4O. The van der Waals surface area contributed by atoms with Crippen LogP contribution in [0.3, 0.4) is 0 Å². The molecule has 0 bridgehead atoms. The molecule has 0 radical (unpaired) electrons. The average molecular weight is 290 g/mol. The molecule has 2 heterocycles. The van der Waals surface area contributed by atoms with Crippen molar-refractivity contribution in [1.82, 2.24) is 14.9 Å². The van der Waals surface area contributed by atoms with Gasteiger partial charge in [-0.25, -0.2) is 9.97 Å². The van der Waals surface area contributed by atoms with Crippen LogP contribution in [0.1, 0.15) is 31.4 Å². The summed E-state index contributed by atoms with van der Waals surface area (Å²) in [4.78, 5) is 11.1. The smallest absolute Gasteiger partial charge is 0.129 e. The lowest BCUT2D eigenvalue weighted by Gasteiger charge is -2.41. The fraction of sp³-hybridized carbons (Fsp3) is 0.750. The molecule has 1 aromatic heterocycles. The van der Waals surface area contributed by atoms with E-state index in [4.69, 9.17) is 4.74 Å². The van der Waals surface area contributed by atoms with Gasteiger partial charge in [0.1, 0.15) is 12.1 Å². The highest BCUT2D eigenvalue weighted by atomic mass is 16.5. The van der Waals surface area contributed by atoms with E-state index in [2.05, 4.69) is 20.2 Å². The zero-order valence-electron chi connectivity index (χ0n) is 12.9. The van der Waals surface area contributed by atoms with Crippen molar-refractivity contribution in [2.75, 3.05) is 38.2 Å². The average Bonchev–Trinajstić information content (AvgIpc) is 2.54. The van der Waals surface area contributed by atoms with Gasteiger partial charge in [0.05, 0.1) is 13.2 Å². The fourth-order valence-electron chi connectivity index (χ4n) is 3.60. The molecule has 0 amide bonds. The highest BCUT2D eigenvalue weighted by Gasteiger charge is 2.30. The molecule has 0 aromatic carbocycles. The van der Waals surface area contributed by atoms with Crippen LogP contribution in [-0.4, -0.2) is 53.8 Å². The third-order valence-corrected chi connectivity index (χ3v) is 4.73. The number of aryl methyl sites for hydroxylation is 1. The summed E-state index contributed by atoms with van der Waals surface area (Å²) in [7, 11) is 0. The summed E-state index contributed by atoms with van der Waals surface area (Å²) >= 11 is 0. The summed E-state index contributed by atoms with van der Waals surface area (Å²) in [5.41, 5.74) is 1.01. The number of morpholine rings is 1. The predicted octanol–water partition coefficient (Wildman–Crippen LogP) is 2.09. The first-order chi connectivity index (χ1) is 10.3. The highest BCUT2D eigenvalue weighted by Crippen LogP contribution is 2.29. The van der Waals surface area contributed by atoms with Crippen molar-refractivity contribution in [3.05, 3.63) is 18.1 Å². The molecule has 116 valence electrons. The molecule has 1 saturated carbocycles. The second-order valence-electron chi connectivity index (χ2n) is 6.19. The number of nitrogens with one attached hydrogen (secondary N) is 1. The lowest BCUT2D eigenvalue weighted by Crippen LogP contribution is -2.49. The molecule has 0 spiro atoms. The second-order valence-corrected chi connectivity index (χ2v) is 6.19. The zero-order valence-corrected chi connectivity index (χ0v) is 12.9. The van der Waals surface area contributed by atoms with Gasteiger partial charge in [-0.05, 0) is 25.7 Å². The molecule has 0 unspecified atom stereocenters. The third-order valence-electron chi connectivity index (χ3n) is 4.73. The van der Waals surface area contributed by atoms with Crippen molar-refractivity contribution >= 4 is 5.82 Å². The van der Waals surface area contributed by atoms with Gasteiger partial charge in [-0.15, -0.1) is 0 Å². The van der Waals surface area contributed by atoms with Crippen LogP contribution in [-0.2, 0) is 4.74 Å². The topological polar surface area (TPSA) is 50.3 Å². The predicted molar refractivity (Wildman–Crippen MR) is 83.4 cm³/mol. The van der Waals surface area contributed by atoms with Crippen LogP contribution in [0.4, 0.5) is 5.82 Å². The van der Waals surface area contributed by atoms with Gasteiger partial charge in [0.25, 0.3) is 0 Å². The minimum atomic E-state index is 0.707. The van der Waals surface area contributed by atoms with Crippen LogP contribution in [0.5, 0.6) is 0 Å². The maximum atomic E-state index is 5.49. The molecule has 1 saturated heterocycles. The number of anilines is 1. The molecular weight excluding hydrogens is 264 g/mol. The summed E-state index contributed by atoms with van der Waals surface area (Å²) in [5, 5.41) is 3.52. The minimum absolute atomic E-state index is 0.707. The molecule has 1 aliphatic carbocycles. The van der Waals surface area contributed by atoms with Gasteiger partial charge in [-0.1, -0.05) is 12.8 Å². The monoisotopic (exact) mass is 290 g/mol. The summed E-state index contributed by atoms with van der Waals surface area (Å²) in [6, 6.07) is 2.73. The lowest BCUT2D eigenvalue weighted by atomic mass is 9.83. The fourth-order valence-corrected chi connectivity index (χ4v) is 3.60. The lowest BCUT2D eigenvalue weighted by molar-refractivity contribution is -0.00541. The Morgan fingerprint density at radius 3 is 2.86 bits per heavy atom. The van der Waals surface area contributed by atoms with Gasteiger partial charge in [0.2, 0.25) is 0 Å². The van der Waals surface area contributed by atoms with E-state index < -0.39 is 0 Å². The van der Waals surface area contributed by atoms with Gasteiger partial charge in [0.15, 0.2) is 0 Å². The van der Waals surface area contributed by atoms with Crippen molar-refractivity contribution in [2.45, 2.75) is 38.6 Å². The standard InChI is InChI=1S/C16H26N4O/c1-13-10-16(19-12-18-13)17-11-14-4-2-3-5-15(14)20-6-8-21-9-7-20/h10,12,14-15H,2-9,11H2,1H3,(H,17,18,19)/t14-,15-/m0/s1. The summed E-state index contributed by atoms with van der Waals surface area (Å²) in [5.74, 6) is 1.67. The van der Waals surface area contributed by atoms with Crippen LogP contribution in [0.25, 0.3) is 0 Å². The second kappa shape index (κ2) is 7.18. The molecule has 2 fully saturated rings. The molecule has 2 atom stereocenters.